The summed E-state index contributed by atoms with van der Waals surface area (Å²) in [4.78, 5) is 27.4. The molecule has 1 atom stereocenters. The largest absolute Gasteiger partial charge is 0.339 e. The Morgan fingerprint density at radius 1 is 1.18 bits per heavy atom. The van der Waals surface area contributed by atoms with Crippen LogP contribution in [0.25, 0.3) is 0 Å². The Morgan fingerprint density at radius 3 is 2.35 bits per heavy atom. The van der Waals surface area contributed by atoms with Gasteiger partial charge in [0.1, 0.15) is 0 Å². The zero-order chi connectivity index (χ0) is 12.3. The van der Waals surface area contributed by atoms with Crippen LogP contribution in [0.4, 0.5) is 0 Å². The van der Waals surface area contributed by atoms with Crippen molar-refractivity contribution in [1.29, 1.82) is 0 Å². The number of nitrogens with one attached hydrogen (secondary N) is 1. The molecule has 0 aromatic heterocycles. The van der Waals surface area contributed by atoms with E-state index in [2.05, 4.69) is 5.32 Å². The Labute approximate surface area is 102 Å². The van der Waals surface area contributed by atoms with Crippen LogP contribution >= 0.6 is 0 Å². The highest BCUT2D eigenvalue weighted by atomic mass is 16.2. The first kappa shape index (κ1) is 12.4. The highest BCUT2D eigenvalue weighted by molar-refractivity contribution is 5.82. The van der Waals surface area contributed by atoms with Gasteiger partial charge >= 0.3 is 0 Å². The molecule has 0 radical (unpaired) electrons. The molecule has 5 heteroatoms. The third kappa shape index (κ3) is 2.77. The topological polar surface area (TPSA) is 52.7 Å². The lowest BCUT2D eigenvalue weighted by Crippen LogP contribution is -2.54. The molecule has 2 rings (SSSR count). The van der Waals surface area contributed by atoms with Crippen molar-refractivity contribution >= 4 is 11.8 Å². The quantitative estimate of drug-likeness (QED) is 0.727. The van der Waals surface area contributed by atoms with E-state index in [0.717, 1.165) is 19.4 Å². The Hall–Kier alpha value is -1.10. The predicted molar refractivity (Wildman–Crippen MR) is 64.5 cm³/mol. The molecule has 96 valence electrons. The van der Waals surface area contributed by atoms with Crippen LogP contribution in [0.2, 0.25) is 0 Å². The van der Waals surface area contributed by atoms with Crippen molar-refractivity contribution in [3.63, 3.8) is 0 Å². The molecule has 17 heavy (non-hydrogen) atoms. The molecular weight excluding hydrogens is 218 g/mol. The molecule has 0 aliphatic carbocycles. The second kappa shape index (κ2) is 5.49. The summed E-state index contributed by atoms with van der Waals surface area (Å²) in [7, 11) is 0. The first-order valence-electron chi connectivity index (χ1n) is 6.52. The molecule has 0 aromatic carbocycles. The molecule has 0 aromatic rings. The molecule has 2 fully saturated rings. The number of rotatable bonds is 2. The second-order valence-corrected chi connectivity index (χ2v) is 4.71. The average Bonchev–Trinajstić information content (AvgIpc) is 2.91. The number of carbonyl (C=O) groups is 2. The van der Waals surface area contributed by atoms with Crippen LogP contribution in [0.5, 0.6) is 0 Å². The third-order valence-corrected chi connectivity index (χ3v) is 3.60. The van der Waals surface area contributed by atoms with Crippen LogP contribution in [0.15, 0.2) is 0 Å². The summed E-state index contributed by atoms with van der Waals surface area (Å²) >= 11 is 0. The van der Waals surface area contributed by atoms with E-state index >= 15 is 0 Å². The van der Waals surface area contributed by atoms with Crippen molar-refractivity contribution in [3.05, 3.63) is 0 Å². The second-order valence-electron chi connectivity index (χ2n) is 4.71. The smallest absolute Gasteiger partial charge is 0.239 e. The lowest BCUT2D eigenvalue weighted by molar-refractivity contribution is -0.140. The van der Waals surface area contributed by atoms with Crippen LogP contribution in [0.3, 0.4) is 0 Å². The van der Waals surface area contributed by atoms with E-state index in [9.17, 15) is 9.59 Å². The van der Waals surface area contributed by atoms with Gasteiger partial charge in [-0.1, -0.05) is 6.92 Å². The van der Waals surface area contributed by atoms with Crippen molar-refractivity contribution in [3.8, 4) is 0 Å². The Kier molecular flexibility index (Phi) is 3.99. The first-order valence-corrected chi connectivity index (χ1v) is 6.52. The lowest BCUT2D eigenvalue weighted by Gasteiger charge is -2.35. The molecular formula is C12H21N3O2. The van der Waals surface area contributed by atoms with Gasteiger partial charge in [-0.25, -0.2) is 0 Å². The summed E-state index contributed by atoms with van der Waals surface area (Å²) in [6, 6.07) is 0.0171. The maximum atomic E-state index is 12.1. The van der Waals surface area contributed by atoms with Crippen molar-refractivity contribution in [2.45, 2.75) is 32.2 Å². The SMILES string of the molecule is CCC(=O)N1CCN(C(=O)[C@@H]2CCCN2)CC1. The normalized spacial score (nSPS) is 25.1. The van der Waals surface area contributed by atoms with Crippen molar-refractivity contribution in [1.82, 2.24) is 15.1 Å². The summed E-state index contributed by atoms with van der Waals surface area (Å²) in [6.07, 6.45) is 2.59. The van der Waals surface area contributed by atoms with Crippen LogP contribution in [-0.2, 0) is 9.59 Å². The zero-order valence-electron chi connectivity index (χ0n) is 10.4. The van der Waals surface area contributed by atoms with Crippen molar-refractivity contribution in [2.24, 2.45) is 0 Å². The first-order chi connectivity index (χ1) is 8.22. The average molecular weight is 239 g/mol. The number of hydrogen-bond acceptors (Lipinski definition) is 3. The minimum atomic E-state index is 0.0171. The zero-order valence-corrected chi connectivity index (χ0v) is 10.4. The van der Waals surface area contributed by atoms with Crippen LogP contribution < -0.4 is 5.32 Å². The van der Waals surface area contributed by atoms with Crippen LogP contribution in [0.1, 0.15) is 26.2 Å². The Morgan fingerprint density at radius 2 is 1.82 bits per heavy atom. The van der Waals surface area contributed by atoms with E-state index in [1.807, 2.05) is 16.7 Å². The van der Waals surface area contributed by atoms with E-state index in [1.54, 1.807) is 0 Å². The molecule has 0 spiro atoms. The van der Waals surface area contributed by atoms with Gasteiger partial charge in [0.15, 0.2) is 0 Å². The number of amides is 2. The van der Waals surface area contributed by atoms with Gasteiger partial charge in [0.05, 0.1) is 6.04 Å². The van der Waals surface area contributed by atoms with Gasteiger partial charge in [-0.2, -0.15) is 0 Å². The minimum absolute atomic E-state index is 0.0171. The van der Waals surface area contributed by atoms with Gasteiger partial charge in [-0.05, 0) is 19.4 Å². The van der Waals surface area contributed by atoms with E-state index in [0.29, 0.717) is 32.6 Å². The van der Waals surface area contributed by atoms with Gasteiger partial charge in [-0.3, -0.25) is 9.59 Å². The van der Waals surface area contributed by atoms with Gasteiger partial charge in [0, 0.05) is 32.6 Å². The lowest BCUT2D eigenvalue weighted by atomic mass is 10.2. The fraction of sp³-hybridized carbons (Fsp3) is 0.833. The molecule has 2 saturated heterocycles. The predicted octanol–water partition coefficient (Wildman–Crippen LogP) is -0.181. The molecule has 0 unspecified atom stereocenters. The maximum Gasteiger partial charge on any atom is 0.239 e. The van der Waals surface area contributed by atoms with Crippen LogP contribution in [-0.4, -0.2) is 60.4 Å². The van der Waals surface area contributed by atoms with E-state index < -0.39 is 0 Å². The molecule has 2 amide bonds. The molecule has 0 saturated carbocycles. The molecule has 0 bridgehead atoms. The van der Waals surface area contributed by atoms with Gasteiger partial charge in [-0.15, -0.1) is 0 Å². The van der Waals surface area contributed by atoms with Crippen molar-refractivity contribution < 1.29 is 9.59 Å². The molecule has 2 aliphatic heterocycles. The summed E-state index contributed by atoms with van der Waals surface area (Å²) in [5, 5.41) is 3.23. The standard InChI is InChI=1S/C12H21N3O2/c1-2-11(16)14-6-8-15(9-7-14)12(17)10-4-3-5-13-10/h10,13H,2-9H2,1H3/t10-/m0/s1. The third-order valence-electron chi connectivity index (χ3n) is 3.60. The molecule has 2 aliphatic rings. The monoisotopic (exact) mass is 239 g/mol. The summed E-state index contributed by atoms with van der Waals surface area (Å²) < 4.78 is 0. The van der Waals surface area contributed by atoms with Crippen molar-refractivity contribution in [2.75, 3.05) is 32.7 Å². The van der Waals surface area contributed by atoms with E-state index in [-0.39, 0.29) is 17.9 Å². The van der Waals surface area contributed by atoms with Gasteiger partial charge < -0.3 is 15.1 Å². The molecule has 5 nitrogen and oxygen atoms in total. The minimum Gasteiger partial charge on any atom is -0.339 e. The summed E-state index contributed by atoms with van der Waals surface area (Å²) in [5.41, 5.74) is 0. The summed E-state index contributed by atoms with van der Waals surface area (Å²) in [6.45, 7) is 5.56. The summed E-state index contributed by atoms with van der Waals surface area (Å²) in [5.74, 6) is 0.405. The number of nitrogens with zero attached hydrogens (tertiary/aromatic N) is 2. The molecule has 1 N–H and O–H groups in total. The number of piperazine rings is 1. The van der Waals surface area contributed by atoms with Crippen LogP contribution in [0, 0.1) is 0 Å². The Bertz CT molecular complexity index is 292. The number of hydrogen-bond donors (Lipinski definition) is 1. The van der Waals surface area contributed by atoms with Gasteiger partial charge in [0.25, 0.3) is 0 Å². The fourth-order valence-electron chi connectivity index (χ4n) is 2.52. The number of carbonyl (C=O) groups excluding carboxylic acids is 2. The van der Waals surface area contributed by atoms with Gasteiger partial charge in [0.2, 0.25) is 11.8 Å². The highest BCUT2D eigenvalue weighted by Gasteiger charge is 2.29. The Balaban J connectivity index is 1.82. The van der Waals surface area contributed by atoms with E-state index in [4.69, 9.17) is 0 Å². The highest BCUT2D eigenvalue weighted by Crippen LogP contribution is 2.11. The van der Waals surface area contributed by atoms with E-state index in [1.165, 1.54) is 0 Å². The fourth-order valence-corrected chi connectivity index (χ4v) is 2.52. The molecule has 2 heterocycles. The maximum absolute atomic E-state index is 12.1.